The molecule has 1 saturated carbocycles. The fourth-order valence-electron chi connectivity index (χ4n) is 3.28. The van der Waals surface area contributed by atoms with Gasteiger partial charge < -0.3 is 10.5 Å². The molecule has 134 valence electrons. The van der Waals surface area contributed by atoms with Crippen LogP contribution in [0.1, 0.15) is 44.9 Å². The number of imidazole rings is 1. The molecule has 1 aliphatic carbocycles. The summed E-state index contributed by atoms with van der Waals surface area (Å²) in [6, 6.07) is 8.04. The van der Waals surface area contributed by atoms with E-state index in [1.54, 1.807) is 6.20 Å². The number of ether oxygens (including phenoxy) is 1. The van der Waals surface area contributed by atoms with Gasteiger partial charge in [-0.15, -0.1) is 0 Å². The number of rotatable bonds is 5. The number of allylic oxidation sites excluding steroid dienone is 1. The van der Waals surface area contributed by atoms with Crippen LogP contribution < -0.4 is 10.5 Å². The minimum Gasteiger partial charge on any atom is -0.490 e. The molecule has 2 N–H and O–H groups in total. The van der Waals surface area contributed by atoms with Crippen molar-refractivity contribution in [1.82, 2.24) is 14.4 Å². The molecule has 0 aliphatic heterocycles. The minimum absolute atomic E-state index is 0.509. The van der Waals surface area contributed by atoms with Crippen molar-refractivity contribution in [3.8, 4) is 17.0 Å². The van der Waals surface area contributed by atoms with Gasteiger partial charge in [0.2, 0.25) is 0 Å². The Kier molecular flexibility index (Phi) is 4.37. The van der Waals surface area contributed by atoms with Gasteiger partial charge in [0.1, 0.15) is 35.2 Å². The molecule has 0 amide bonds. The molecule has 5 heteroatoms. The second-order valence-electron chi connectivity index (χ2n) is 7.10. The standard InChI is InChI=1S/C21H24N4O/c1-14(2)9-12-26-17-8-4-7-16(13-17)18-19-20(22)23-10-11-25(19)21(24-18)15-5-3-6-15/h4,7-11,13,15H,3,5-6,12H2,1-2H3,(H2,22,23). The lowest BCUT2D eigenvalue weighted by Crippen LogP contribution is -2.12. The highest BCUT2D eigenvalue weighted by Gasteiger charge is 2.26. The Morgan fingerprint density at radius 3 is 2.92 bits per heavy atom. The molecule has 4 rings (SSSR count). The minimum atomic E-state index is 0.509. The van der Waals surface area contributed by atoms with Gasteiger partial charge in [-0.3, -0.25) is 4.40 Å². The first-order chi connectivity index (χ1) is 12.6. The van der Waals surface area contributed by atoms with Crippen LogP contribution in [0.5, 0.6) is 5.75 Å². The van der Waals surface area contributed by atoms with Crippen molar-refractivity contribution in [3.63, 3.8) is 0 Å². The molecule has 0 bridgehead atoms. The van der Waals surface area contributed by atoms with Crippen LogP contribution in [-0.2, 0) is 0 Å². The van der Waals surface area contributed by atoms with E-state index in [4.69, 9.17) is 15.5 Å². The lowest BCUT2D eigenvalue weighted by Gasteiger charge is -2.23. The molecule has 26 heavy (non-hydrogen) atoms. The number of anilines is 1. The lowest BCUT2D eigenvalue weighted by atomic mass is 9.85. The zero-order valence-electron chi connectivity index (χ0n) is 15.3. The first-order valence-electron chi connectivity index (χ1n) is 9.12. The van der Waals surface area contributed by atoms with Gasteiger partial charge in [-0.2, -0.15) is 0 Å². The van der Waals surface area contributed by atoms with Crippen LogP contribution >= 0.6 is 0 Å². The summed E-state index contributed by atoms with van der Waals surface area (Å²) in [5, 5.41) is 0. The Hall–Kier alpha value is -2.82. The monoisotopic (exact) mass is 348 g/mol. The predicted molar refractivity (Wildman–Crippen MR) is 104 cm³/mol. The second-order valence-corrected chi connectivity index (χ2v) is 7.10. The maximum absolute atomic E-state index is 6.21. The van der Waals surface area contributed by atoms with E-state index in [2.05, 4.69) is 29.3 Å². The van der Waals surface area contributed by atoms with Crippen LogP contribution in [0, 0.1) is 0 Å². The summed E-state index contributed by atoms with van der Waals surface area (Å²) in [6.45, 7) is 4.69. The quantitative estimate of drug-likeness (QED) is 0.685. The topological polar surface area (TPSA) is 65.4 Å². The Balaban J connectivity index is 1.76. The smallest absolute Gasteiger partial charge is 0.150 e. The van der Waals surface area contributed by atoms with E-state index >= 15 is 0 Å². The van der Waals surface area contributed by atoms with Gasteiger partial charge in [0.25, 0.3) is 0 Å². The zero-order valence-corrected chi connectivity index (χ0v) is 15.3. The summed E-state index contributed by atoms with van der Waals surface area (Å²) < 4.78 is 7.96. The molecule has 0 atom stereocenters. The summed E-state index contributed by atoms with van der Waals surface area (Å²) in [4.78, 5) is 9.25. The van der Waals surface area contributed by atoms with Crippen molar-refractivity contribution in [2.75, 3.05) is 12.3 Å². The number of aromatic nitrogens is 3. The maximum atomic E-state index is 6.21. The molecule has 2 heterocycles. The first kappa shape index (κ1) is 16.6. The van der Waals surface area contributed by atoms with E-state index in [-0.39, 0.29) is 0 Å². The van der Waals surface area contributed by atoms with E-state index in [9.17, 15) is 0 Å². The fourth-order valence-corrected chi connectivity index (χ4v) is 3.28. The third-order valence-corrected chi connectivity index (χ3v) is 4.93. The van der Waals surface area contributed by atoms with Gasteiger partial charge in [-0.25, -0.2) is 9.97 Å². The number of hydrogen-bond acceptors (Lipinski definition) is 4. The number of benzene rings is 1. The summed E-state index contributed by atoms with van der Waals surface area (Å²) in [5.74, 6) is 2.94. The Morgan fingerprint density at radius 2 is 2.19 bits per heavy atom. The Bertz CT molecular complexity index is 965. The summed E-state index contributed by atoms with van der Waals surface area (Å²) in [5.41, 5.74) is 10.2. The van der Waals surface area contributed by atoms with Crippen molar-refractivity contribution >= 4 is 11.3 Å². The van der Waals surface area contributed by atoms with Gasteiger partial charge in [0.15, 0.2) is 0 Å². The van der Waals surface area contributed by atoms with Crippen molar-refractivity contribution in [1.29, 1.82) is 0 Å². The zero-order chi connectivity index (χ0) is 18.1. The van der Waals surface area contributed by atoms with Gasteiger partial charge in [-0.05, 0) is 44.9 Å². The normalized spacial score (nSPS) is 14.2. The van der Waals surface area contributed by atoms with Gasteiger partial charge in [0.05, 0.1) is 0 Å². The molecule has 2 aromatic heterocycles. The molecular weight excluding hydrogens is 324 g/mol. The van der Waals surface area contributed by atoms with Crippen molar-refractivity contribution in [3.05, 3.63) is 54.1 Å². The van der Waals surface area contributed by atoms with E-state index in [0.29, 0.717) is 18.3 Å². The molecule has 0 unspecified atom stereocenters. The van der Waals surface area contributed by atoms with Crippen LogP contribution in [0.3, 0.4) is 0 Å². The molecular formula is C21H24N4O. The highest BCUT2D eigenvalue weighted by Crippen LogP contribution is 2.39. The third-order valence-electron chi connectivity index (χ3n) is 4.93. The predicted octanol–water partition coefficient (Wildman–Crippen LogP) is 4.59. The highest BCUT2D eigenvalue weighted by molar-refractivity contribution is 5.85. The molecule has 1 fully saturated rings. The maximum Gasteiger partial charge on any atom is 0.150 e. The highest BCUT2D eigenvalue weighted by atomic mass is 16.5. The molecule has 1 aliphatic rings. The van der Waals surface area contributed by atoms with E-state index < -0.39 is 0 Å². The molecule has 5 nitrogen and oxygen atoms in total. The number of nitrogens with two attached hydrogens (primary N) is 1. The Labute approximate surface area is 153 Å². The van der Waals surface area contributed by atoms with Crippen LogP contribution in [0.15, 0.2) is 48.3 Å². The number of nitrogen functional groups attached to an aromatic ring is 1. The first-order valence-corrected chi connectivity index (χ1v) is 9.12. The summed E-state index contributed by atoms with van der Waals surface area (Å²) in [7, 11) is 0. The van der Waals surface area contributed by atoms with Crippen LogP contribution in [-0.4, -0.2) is 21.0 Å². The number of fused-ring (bicyclic) bond motifs is 1. The average Bonchev–Trinajstić information content (AvgIpc) is 2.94. The summed E-state index contributed by atoms with van der Waals surface area (Å²) >= 11 is 0. The molecule has 0 radical (unpaired) electrons. The van der Waals surface area contributed by atoms with Gasteiger partial charge in [-0.1, -0.05) is 24.1 Å². The van der Waals surface area contributed by atoms with Crippen molar-refractivity contribution in [2.24, 2.45) is 0 Å². The molecule has 0 spiro atoms. The van der Waals surface area contributed by atoms with Crippen LogP contribution in [0.25, 0.3) is 16.8 Å². The van der Waals surface area contributed by atoms with Crippen LogP contribution in [0.4, 0.5) is 5.82 Å². The second kappa shape index (κ2) is 6.83. The van der Waals surface area contributed by atoms with E-state index in [1.807, 2.05) is 30.5 Å². The number of hydrogen-bond donors (Lipinski definition) is 1. The van der Waals surface area contributed by atoms with Gasteiger partial charge in [0, 0.05) is 23.9 Å². The molecule has 3 aromatic rings. The van der Waals surface area contributed by atoms with Gasteiger partial charge >= 0.3 is 0 Å². The van der Waals surface area contributed by atoms with E-state index in [1.165, 1.54) is 24.8 Å². The van der Waals surface area contributed by atoms with Crippen molar-refractivity contribution in [2.45, 2.75) is 39.0 Å². The molecule has 0 saturated heterocycles. The third kappa shape index (κ3) is 3.05. The summed E-state index contributed by atoms with van der Waals surface area (Å²) in [6.07, 6.45) is 9.41. The van der Waals surface area contributed by atoms with E-state index in [0.717, 1.165) is 28.3 Å². The SMILES string of the molecule is CC(C)=CCOc1cccc(-c2nc(C3CCC3)n3ccnc(N)c23)c1. The average molecular weight is 348 g/mol. The fraction of sp³-hybridized carbons (Fsp3) is 0.333. The Morgan fingerprint density at radius 1 is 1.35 bits per heavy atom. The number of nitrogens with zero attached hydrogens (tertiary/aromatic N) is 3. The largest absolute Gasteiger partial charge is 0.490 e. The lowest BCUT2D eigenvalue weighted by molar-refractivity contribution is 0.362. The van der Waals surface area contributed by atoms with Crippen LogP contribution in [0.2, 0.25) is 0 Å². The molecule has 1 aromatic carbocycles. The van der Waals surface area contributed by atoms with Crippen molar-refractivity contribution < 1.29 is 4.74 Å².